The van der Waals surface area contributed by atoms with E-state index in [2.05, 4.69) is 20.3 Å². The molecule has 0 rings (SSSR count). The van der Waals surface area contributed by atoms with Crippen LogP contribution in [0.2, 0.25) is 0 Å². The summed E-state index contributed by atoms with van der Waals surface area (Å²) in [6.45, 7) is 4.55. The number of unbranched alkanes of at least 4 members (excludes halogenated alkanes) is 15. The van der Waals surface area contributed by atoms with Crippen LogP contribution in [0.3, 0.4) is 0 Å². The van der Waals surface area contributed by atoms with E-state index in [1.54, 1.807) is 0 Å². The van der Waals surface area contributed by atoms with Gasteiger partial charge in [0, 0.05) is 0 Å². The molecular weight excluding hydrogens is 334 g/mol. The predicted molar refractivity (Wildman–Crippen MR) is 99.2 cm³/mol. The molecule has 0 aliphatic heterocycles. The number of rotatable bonds is 15. The number of hydrogen-bond donors (Lipinski definition) is 3. The zero-order chi connectivity index (χ0) is 17.8. The van der Waals surface area contributed by atoms with Gasteiger partial charge in [0.1, 0.15) is 0 Å². The Morgan fingerprint density at radius 3 is 1.29 bits per heavy atom. The molecule has 6 heteroatoms. The van der Waals surface area contributed by atoms with Gasteiger partial charge in [-0.3, -0.25) is 0 Å². The molecule has 0 saturated carbocycles. The molecule has 0 heterocycles. The van der Waals surface area contributed by atoms with Crippen molar-refractivity contribution in [3.8, 4) is 0 Å². The predicted octanol–water partition coefficient (Wildman–Crippen LogP) is 3.16. The van der Waals surface area contributed by atoms with Crippen LogP contribution in [0, 0.1) is 6.42 Å². The van der Waals surface area contributed by atoms with Crippen LogP contribution in [0.5, 0.6) is 0 Å². The summed E-state index contributed by atoms with van der Waals surface area (Å²) in [5, 5.41) is 0. The Hall–Kier alpha value is 1.11. The molecule has 0 bridgehead atoms. The summed E-state index contributed by atoms with van der Waals surface area (Å²) in [6, 6.07) is 0. The van der Waals surface area contributed by atoms with Gasteiger partial charge in [0.05, 0.1) is 0 Å². The zero-order valence-corrected chi connectivity index (χ0v) is 19.3. The maximum absolute atomic E-state index is 8.88. The van der Waals surface area contributed by atoms with E-state index < -0.39 is 7.82 Å². The zero-order valence-electron chi connectivity index (χ0n) is 16.4. The van der Waals surface area contributed by atoms with Gasteiger partial charge in [0.25, 0.3) is 0 Å². The van der Waals surface area contributed by atoms with Gasteiger partial charge >= 0.3 is 37.4 Å². The smallest absolute Gasteiger partial charge is 0.328 e. The Labute approximate surface area is 172 Å². The SMILES string of the molecule is CCC[CH-]CCCCCCCCCCCCCC.O=P(O)(O)O.[Na+]. The van der Waals surface area contributed by atoms with Crippen molar-refractivity contribution >= 4 is 7.82 Å². The fourth-order valence-electron chi connectivity index (χ4n) is 2.48. The van der Waals surface area contributed by atoms with Crippen LogP contribution in [0.15, 0.2) is 0 Å². The molecule has 0 saturated heterocycles. The second-order valence-electron chi connectivity index (χ2n) is 6.27. The maximum Gasteiger partial charge on any atom is 1.00 e. The van der Waals surface area contributed by atoms with Crippen LogP contribution < -0.4 is 29.6 Å². The summed E-state index contributed by atoms with van der Waals surface area (Å²) in [7, 11) is -4.64. The van der Waals surface area contributed by atoms with Gasteiger partial charge < -0.3 is 21.1 Å². The molecule has 0 atom stereocenters. The minimum atomic E-state index is -4.64. The molecule has 4 nitrogen and oxygen atoms in total. The van der Waals surface area contributed by atoms with Crippen LogP contribution in [-0.4, -0.2) is 14.7 Å². The summed E-state index contributed by atoms with van der Waals surface area (Å²) in [6.07, 6.45) is 23.9. The van der Waals surface area contributed by atoms with E-state index >= 15 is 0 Å². The third-order valence-corrected chi connectivity index (χ3v) is 3.75. The van der Waals surface area contributed by atoms with Gasteiger partial charge in [-0.05, 0) is 0 Å². The summed E-state index contributed by atoms with van der Waals surface area (Å²) < 4.78 is 8.88. The number of phosphoric acid groups is 1. The van der Waals surface area contributed by atoms with Gasteiger partial charge in [0.2, 0.25) is 0 Å². The van der Waals surface area contributed by atoms with E-state index in [0.717, 1.165) is 0 Å². The summed E-state index contributed by atoms with van der Waals surface area (Å²) in [5.41, 5.74) is 0. The molecule has 0 spiro atoms. The van der Waals surface area contributed by atoms with Crippen molar-refractivity contribution in [3.63, 3.8) is 0 Å². The average molecular weight is 374 g/mol. The minimum Gasteiger partial charge on any atom is -0.328 e. The molecule has 0 amide bonds. The van der Waals surface area contributed by atoms with Crippen molar-refractivity contribution in [2.75, 3.05) is 0 Å². The first-order valence-electron chi connectivity index (χ1n) is 9.51. The van der Waals surface area contributed by atoms with Crippen LogP contribution in [0.1, 0.15) is 110 Å². The molecule has 24 heavy (non-hydrogen) atoms. The van der Waals surface area contributed by atoms with E-state index in [1.807, 2.05) is 0 Å². The standard InChI is InChI=1S/C18H37.Na.H3O4P/c1-3-5-7-9-11-13-15-17-18-16-14-12-10-8-6-4-2;;1-5(2,3)4/h7H,3-6,8-18H2,1-2H3;;(H3,1,2,3,4)/q-1;+1;. The van der Waals surface area contributed by atoms with Crippen LogP contribution in [0.4, 0.5) is 0 Å². The fraction of sp³-hybridized carbons (Fsp3) is 0.944. The molecule has 0 radical (unpaired) electrons. The first-order chi connectivity index (χ1) is 10.9. The molecule has 0 aromatic carbocycles. The second-order valence-corrected chi connectivity index (χ2v) is 7.29. The number of hydrogen-bond acceptors (Lipinski definition) is 1. The minimum absolute atomic E-state index is 0. The Kier molecular flexibility index (Phi) is 30.0. The Morgan fingerprint density at radius 1 is 0.625 bits per heavy atom. The van der Waals surface area contributed by atoms with E-state index in [1.165, 1.54) is 96.3 Å². The fourth-order valence-corrected chi connectivity index (χ4v) is 2.48. The van der Waals surface area contributed by atoms with E-state index in [9.17, 15) is 0 Å². The Morgan fingerprint density at radius 2 is 0.958 bits per heavy atom. The molecular formula is C18H40NaO4P. The van der Waals surface area contributed by atoms with Gasteiger partial charge in [-0.1, -0.05) is 97.3 Å². The third kappa shape index (κ3) is 43.5. The van der Waals surface area contributed by atoms with Crippen LogP contribution >= 0.6 is 7.82 Å². The normalized spacial score (nSPS) is 10.7. The van der Waals surface area contributed by atoms with Crippen molar-refractivity contribution in [1.29, 1.82) is 0 Å². The van der Waals surface area contributed by atoms with E-state index in [0.29, 0.717) is 0 Å². The molecule has 0 aromatic heterocycles. The van der Waals surface area contributed by atoms with Crippen LogP contribution in [0.25, 0.3) is 0 Å². The molecule has 0 unspecified atom stereocenters. The van der Waals surface area contributed by atoms with Crippen LogP contribution in [-0.2, 0) is 4.57 Å². The van der Waals surface area contributed by atoms with Crippen molar-refractivity contribution < 1.29 is 48.8 Å². The third-order valence-electron chi connectivity index (χ3n) is 3.75. The van der Waals surface area contributed by atoms with E-state index in [-0.39, 0.29) is 29.6 Å². The Balaban J connectivity index is -0.000000639. The molecule has 3 N–H and O–H groups in total. The topological polar surface area (TPSA) is 77.8 Å². The van der Waals surface area contributed by atoms with E-state index in [4.69, 9.17) is 19.2 Å². The maximum atomic E-state index is 8.88. The van der Waals surface area contributed by atoms with Gasteiger partial charge in [-0.25, -0.2) is 4.57 Å². The summed E-state index contributed by atoms with van der Waals surface area (Å²) in [5.74, 6) is 0. The monoisotopic (exact) mass is 374 g/mol. The quantitative estimate of drug-likeness (QED) is 0.178. The van der Waals surface area contributed by atoms with Gasteiger partial charge in [0.15, 0.2) is 0 Å². The average Bonchev–Trinajstić information content (AvgIpc) is 2.46. The van der Waals surface area contributed by atoms with Crippen molar-refractivity contribution in [1.82, 2.24) is 0 Å². The molecule has 0 aliphatic carbocycles. The van der Waals surface area contributed by atoms with Crippen molar-refractivity contribution in [3.05, 3.63) is 6.42 Å². The van der Waals surface area contributed by atoms with Crippen molar-refractivity contribution in [2.24, 2.45) is 0 Å². The Bertz CT molecular complexity index is 235. The molecule has 0 aromatic rings. The first kappa shape index (κ1) is 29.9. The largest absolute Gasteiger partial charge is 1.00 e. The summed E-state index contributed by atoms with van der Waals surface area (Å²) in [4.78, 5) is 21.6. The van der Waals surface area contributed by atoms with Gasteiger partial charge in [-0.15, -0.1) is 0 Å². The molecule has 0 fully saturated rings. The summed E-state index contributed by atoms with van der Waals surface area (Å²) >= 11 is 0. The van der Waals surface area contributed by atoms with Crippen molar-refractivity contribution in [2.45, 2.75) is 110 Å². The van der Waals surface area contributed by atoms with Gasteiger partial charge in [-0.2, -0.15) is 12.8 Å². The second kappa shape index (κ2) is 24.1. The first-order valence-corrected chi connectivity index (χ1v) is 11.1. The molecule has 0 aliphatic rings. The molecule has 142 valence electrons.